The number of amides is 1. The molecule has 0 saturated heterocycles. The smallest absolute Gasteiger partial charge is 0.306 e. The van der Waals surface area contributed by atoms with Crippen LogP contribution >= 0.6 is 0 Å². The fraction of sp³-hybridized carbons (Fsp3) is 0.615. The van der Waals surface area contributed by atoms with E-state index in [1.54, 1.807) is 10.7 Å². The lowest BCUT2D eigenvalue weighted by atomic mass is 10.1. The number of aromatic nitrogens is 2. The molecule has 0 aliphatic heterocycles. The normalized spacial score (nSPS) is 22.4. The molecule has 2 N–H and O–H groups in total. The number of nitrogens with zero attached hydrogens (tertiary/aromatic N) is 2. The van der Waals surface area contributed by atoms with Gasteiger partial charge in [0, 0.05) is 12.6 Å². The molecule has 2 atom stereocenters. The number of aliphatic carboxylic acids is 1. The summed E-state index contributed by atoms with van der Waals surface area (Å²) in [6.07, 6.45) is 1.87. The fourth-order valence-electron chi connectivity index (χ4n) is 2.57. The van der Waals surface area contributed by atoms with Crippen LogP contribution in [0.5, 0.6) is 0 Å². The molecule has 1 amide bonds. The minimum absolute atomic E-state index is 0.0471. The van der Waals surface area contributed by atoms with Crippen LogP contribution in [0, 0.1) is 12.8 Å². The third-order valence-corrected chi connectivity index (χ3v) is 3.55. The number of hydrogen-bond acceptors (Lipinski definition) is 3. The second-order valence-electron chi connectivity index (χ2n) is 5.01. The van der Waals surface area contributed by atoms with Gasteiger partial charge in [-0.2, -0.15) is 5.10 Å². The van der Waals surface area contributed by atoms with Crippen LogP contribution in [0.2, 0.25) is 0 Å². The van der Waals surface area contributed by atoms with Gasteiger partial charge in [-0.3, -0.25) is 14.3 Å². The highest BCUT2D eigenvalue weighted by Crippen LogP contribution is 2.25. The molecule has 1 heterocycles. The molecule has 6 heteroatoms. The molecule has 0 radical (unpaired) electrons. The van der Waals surface area contributed by atoms with Gasteiger partial charge < -0.3 is 10.4 Å². The van der Waals surface area contributed by atoms with Crippen molar-refractivity contribution in [2.24, 2.45) is 5.92 Å². The Morgan fingerprint density at radius 1 is 1.53 bits per heavy atom. The zero-order chi connectivity index (χ0) is 14.0. The first-order valence-corrected chi connectivity index (χ1v) is 6.59. The molecule has 0 unspecified atom stereocenters. The van der Waals surface area contributed by atoms with Crippen molar-refractivity contribution in [3.8, 4) is 0 Å². The number of rotatable bonds is 4. The quantitative estimate of drug-likeness (QED) is 0.856. The van der Waals surface area contributed by atoms with Crippen LogP contribution in [0.1, 0.15) is 42.4 Å². The third-order valence-electron chi connectivity index (χ3n) is 3.55. The lowest BCUT2D eigenvalue weighted by Gasteiger charge is -2.12. The lowest BCUT2D eigenvalue weighted by Crippen LogP contribution is -2.34. The first kappa shape index (κ1) is 13.6. The minimum Gasteiger partial charge on any atom is -0.481 e. The van der Waals surface area contributed by atoms with Gasteiger partial charge in [-0.25, -0.2) is 0 Å². The largest absolute Gasteiger partial charge is 0.481 e. The molecular formula is C13H19N3O3. The summed E-state index contributed by atoms with van der Waals surface area (Å²) in [5.74, 6) is -1.27. The van der Waals surface area contributed by atoms with E-state index in [9.17, 15) is 9.59 Å². The molecule has 1 fully saturated rings. The Balaban J connectivity index is 2.00. The predicted octanol–water partition coefficient (Wildman–Crippen LogP) is 1.19. The van der Waals surface area contributed by atoms with Crippen molar-refractivity contribution < 1.29 is 14.7 Å². The summed E-state index contributed by atoms with van der Waals surface area (Å²) in [6, 6.07) is 1.71. The van der Waals surface area contributed by atoms with Gasteiger partial charge in [0.1, 0.15) is 5.69 Å². The van der Waals surface area contributed by atoms with E-state index in [1.165, 1.54) is 0 Å². The second-order valence-corrected chi connectivity index (χ2v) is 5.01. The summed E-state index contributed by atoms with van der Waals surface area (Å²) in [6.45, 7) is 4.41. The Labute approximate surface area is 111 Å². The number of hydrogen-bond donors (Lipinski definition) is 2. The van der Waals surface area contributed by atoms with Crippen LogP contribution in [0.25, 0.3) is 0 Å². The van der Waals surface area contributed by atoms with Crippen LogP contribution in [-0.2, 0) is 11.3 Å². The van der Waals surface area contributed by atoms with Crippen molar-refractivity contribution in [3.63, 3.8) is 0 Å². The van der Waals surface area contributed by atoms with Crippen molar-refractivity contribution in [3.05, 3.63) is 17.5 Å². The molecule has 1 aromatic rings. The van der Waals surface area contributed by atoms with Gasteiger partial charge in [0.05, 0.1) is 11.6 Å². The number of carboxylic acid groups (broad SMARTS) is 1. The van der Waals surface area contributed by atoms with Crippen LogP contribution in [0.15, 0.2) is 6.07 Å². The number of carboxylic acids is 1. The fourth-order valence-corrected chi connectivity index (χ4v) is 2.57. The monoisotopic (exact) mass is 265 g/mol. The van der Waals surface area contributed by atoms with Crippen LogP contribution in [0.3, 0.4) is 0 Å². The highest BCUT2D eigenvalue weighted by Gasteiger charge is 2.31. The number of carbonyl (C=O) groups is 2. The molecule has 0 aromatic carbocycles. The predicted molar refractivity (Wildman–Crippen MR) is 68.9 cm³/mol. The highest BCUT2D eigenvalue weighted by atomic mass is 16.4. The van der Waals surface area contributed by atoms with E-state index in [2.05, 4.69) is 10.4 Å². The van der Waals surface area contributed by atoms with Crippen molar-refractivity contribution >= 4 is 11.9 Å². The topological polar surface area (TPSA) is 84.2 Å². The second kappa shape index (κ2) is 5.42. The number of carbonyl (C=O) groups excluding carboxylic acids is 1. The van der Waals surface area contributed by atoms with Crippen LogP contribution < -0.4 is 5.32 Å². The zero-order valence-corrected chi connectivity index (χ0v) is 11.2. The van der Waals surface area contributed by atoms with Crippen molar-refractivity contribution in [2.45, 2.75) is 45.7 Å². The molecule has 0 spiro atoms. The van der Waals surface area contributed by atoms with Gasteiger partial charge in [0.15, 0.2) is 0 Å². The van der Waals surface area contributed by atoms with Gasteiger partial charge in [-0.1, -0.05) is 0 Å². The molecule has 0 bridgehead atoms. The maximum absolute atomic E-state index is 12.2. The lowest BCUT2D eigenvalue weighted by molar-refractivity contribution is -0.141. The van der Waals surface area contributed by atoms with E-state index in [-0.39, 0.29) is 17.9 Å². The van der Waals surface area contributed by atoms with Crippen LogP contribution in [-0.4, -0.2) is 32.8 Å². The SMILES string of the molecule is CCn1nc(C)cc1C(=O)N[C@H]1CC[C@@H](C(=O)O)C1. The minimum atomic E-state index is -0.772. The zero-order valence-electron chi connectivity index (χ0n) is 11.2. The average molecular weight is 265 g/mol. The van der Waals surface area contributed by atoms with Crippen molar-refractivity contribution in [1.82, 2.24) is 15.1 Å². The summed E-state index contributed by atoms with van der Waals surface area (Å²) in [4.78, 5) is 23.0. The Hall–Kier alpha value is -1.85. The van der Waals surface area contributed by atoms with Gasteiger partial charge in [-0.05, 0) is 39.2 Å². The van der Waals surface area contributed by atoms with Gasteiger partial charge in [0.25, 0.3) is 5.91 Å². The van der Waals surface area contributed by atoms with E-state index < -0.39 is 5.97 Å². The van der Waals surface area contributed by atoms with E-state index in [1.807, 2.05) is 13.8 Å². The Morgan fingerprint density at radius 2 is 2.26 bits per heavy atom. The molecule has 1 saturated carbocycles. The highest BCUT2D eigenvalue weighted by molar-refractivity contribution is 5.93. The first-order valence-electron chi connectivity index (χ1n) is 6.59. The van der Waals surface area contributed by atoms with E-state index in [0.29, 0.717) is 25.1 Å². The van der Waals surface area contributed by atoms with Crippen molar-refractivity contribution in [2.75, 3.05) is 0 Å². The van der Waals surface area contributed by atoms with Crippen LogP contribution in [0.4, 0.5) is 0 Å². The molecule has 2 rings (SSSR count). The van der Waals surface area contributed by atoms with Gasteiger partial charge in [-0.15, -0.1) is 0 Å². The van der Waals surface area contributed by atoms with E-state index >= 15 is 0 Å². The Kier molecular flexibility index (Phi) is 3.87. The van der Waals surface area contributed by atoms with E-state index in [0.717, 1.165) is 12.1 Å². The summed E-state index contributed by atoms with van der Waals surface area (Å²) in [5, 5.41) is 16.1. The summed E-state index contributed by atoms with van der Waals surface area (Å²) in [5.41, 5.74) is 1.35. The summed E-state index contributed by atoms with van der Waals surface area (Å²) >= 11 is 0. The Morgan fingerprint density at radius 3 is 2.84 bits per heavy atom. The summed E-state index contributed by atoms with van der Waals surface area (Å²) in [7, 11) is 0. The maximum Gasteiger partial charge on any atom is 0.306 e. The third kappa shape index (κ3) is 2.94. The molecule has 1 aliphatic carbocycles. The standard InChI is InChI=1S/C13H19N3O3/c1-3-16-11(6-8(2)15-16)12(17)14-10-5-4-9(7-10)13(18)19/h6,9-10H,3-5,7H2,1-2H3,(H,14,17)(H,18,19)/t9-,10+/m1/s1. The molecule has 6 nitrogen and oxygen atoms in total. The molecule has 19 heavy (non-hydrogen) atoms. The molecule has 1 aliphatic rings. The van der Waals surface area contributed by atoms with Gasteiger partial charge >= 0.3 is 5.97 Å². The summed E-state index contributed by atoms with van der Waals surface area (Å²) < 4.78 is 1.66. The molecule has 1 aromatic heterocycles. The maximum atomic E-state index is 12.2. The molecular weight excluding hydrogens is 246 g/mol. The van der Waals surface area contributed by atoms with Gasteiger partial charge in [0.2, 0.25) is 0 Å². The number of nitrogens with one attached hydrogen (secondary N) is 1. The Bertz CT molecular complexity index is 495. The van der Waals surface area contributed by atoms with Crippen molar-refractivity contribution in [1.29, 1.82) is 0 Å². The number of aryl methyl sites for hydroxylation is 2. The average Bonchev–Trinajstić information content (AvgIpc) is 2.95. The molecule has 104 valence electrons. The van der Waals surface area contributed by atoms with E-state index in [4.69, 9.17) is 5.11 Å². The first-order chi connectivity index (χ1) is 9.01.